The maximum atomic E-state index is 10.4. The molecule has 0 rings (SSSR count). The molecule has 2 nitrogen and oxygen atoms in total. The first-order valence-electron chi connectivity index (χ1n) is 8.69. The minimum Gasteiger partial charge on any atom is -0.417 e. The van der Waals surface area contributed by atoms with E-state index in [0.717, 1.165) is 18.6 Å². The molecule has 2 atom stereocenters. The zero-order valence-electron chi connectivity index (χ0n) is 17.0. The van der Waals surface area contributed by atoms with Gasteiger partial charge in [-0.3, -0.25) is 0 Å². The summed E-state index contributed by atoms with van der Waals surface area (Å²) < 4.78 is 6.17. The molecule has 0 aliphatic carbocycles. The van der Waals surface area contributed by atoms with Gasteiger partial charge >= 0.3 is 0 Å². The van der Waals surface area contributed by atoms with Crippen molar-refractivity contribution in [1.29, 1.82) is 0 Å². The molecule has 0 fully saturated rings. The van der Waals surface area contributed by atoms with Crippen molar-refractivity contribution in [2.75, 3.05) is 6.61 Å². The zero-order valence-corrected chi connectivity index (χ0v) is 19.0. The highest BCUT2D eigenvalue weighted by Gasteiger charge is 2.36. The largest absolute Gasteiger partial charge is 0.417 e. The normalized spacial score (nSPS) is 16.6. The number of rotatable bonds is 6. The zero-order chi connectivity index (χ0) is 18.5. The van der Waals surface area contributed by atoms with Crippen LogP contribution in [-0.4, -0.2) is 34.2 Å². The van der Waals surface area contributed by atoms with Gasteiger partial charge in [-0.15, -0.1) is 11.5 Å². The van der Waals surface area contributed by atoms with E-state index in [4.69, 9.17) is 4.43 Å². The second-order valence-electron chi connectivity index (χ2n) is 9.10. The smallest absolute Gasteiger partial charge is 0.191 e. The molecule has 23 heavy (non-hydrogen) atoms. The molecule has 0 aliphatic rings. The number of hydrogen-bond donors (Lipinski definition) is 1. The first kappa shape index (κ1) is 22.7. The van der Waals surface area contributed by atoms with E-state index in [1.54, 1.807) is 0 Å². The molecule has 0 amide bonds. The van der Waals surface area contributed by atoms with Crippen LogP contribution in [-0.2, 0) is 4.43 Å². The molecule has 0 aromatic rings. The van der Waals surface area contributed by atoms with Crippen molar-refractivity contribution in [3.8, 4) is 11.5 Å². The molecular weight excluding hydrogens is 316 g/mol. The standard InChI is InChI=1S/C19H38O2Si2/c1-16(18(20)17(2)13-15-22(6,7)8)12-11-14-21-23(9,10)19(3,4)5/h12,17-18,20H,11,14H2,1-10H3/b16-12+/t17-,18+/m1/s1. The number of aliphatic hydroxyl groups excluding tert-OH is 1. The van der Waals surface area contributed by atoms with E-state index < -0.39 is 22.5 Å². The van der Waals surface area contributed by atoms with E-state index in [-0.39, 0.29) is 11.0 Å². The molecule has 134 valence electrons. The minimum atomic E-state index is -1.67. The third-order valence-corrected chi connectivity index (χ3v) is 9.90. The highest BCUT2D eigenvalue weighted by Crippen LogP contribution is 2.36. The number of hydrogen-bond acceptors (Lipinski definition) is 2. The lowest BCUT2D eigenvalue weighted by molar-refractivity contribution is 0.176. The van der Waals surface area contributed by atoms with Crippen molar-refractivity contribution >= 4 is 16.4 Å². The lowest BCUT2D eigenvalue weighted by atomic mass is 9.98. The third-order valence-electron chi connectivity index (χ3n) is 4.47. The second kappa shape index (κ2) is 8.66. The van der Waals surface area contributed by atoms with Gasteiger partial charge in [0.1, 0.15) is 8.07 Å². The van der Waals surface area contributed by atoms with Crippen molar-refractivity contribution in [1.82, 2.24) is 0 Å². The summed E-state index contributed by atoms with van der Waals surface area (Å²) in [6, 6.07) is 0. The van der Waals surface area contributed by atoms with Crippen LogP contribution in [0.2, 0.25) is 37.8 Å². The molecule has 0 saturated carbocycles. The van der Waals surface area contributed by atoms with E-state index in [1.165, 1.54) is 0 Å². The van der Waals surface area contributed by atoms with Crippen molar-refractivity contribution in [3.63, 3.8) is 0 Å². The van der Waals surface area contributed by atoms with E-state index >= 15 is 0 Å². The summed E-state index contributed by atoms with van der Waals surface area (Å²) in [6.07, 6.45) is 2.47. The first-order chi connectivity index (χ1) is 10.2. The van der Waals surface area contributed by atoms with Crippen molar-refractivity contribution < 1.29 is 9.53 Å². The van der Waals surface area contributed by atoms with Crippen LogP contribution in [0.4, 0.5) is 0 Å². The van der Waals surface area contributed by atoms with Crippen LogP contribution < -0.4 is 0 Å². The Morgan fingerprint density at radius 2 is 1.70 bits per heavy atom. The lowest BCUT2D eigenvalue weighted by Crippen LogP contribution is -2.40. The van der Waals surface area contributed by atoms with Crippen molar-refractivity contribution in [3.05, 3.63) is 11.6 Å². The molecule has 0 aromatic carbocycles. The van der Waals surface area contributed by atoms with Gasteiger partial charge in [0.25, 0.3) is 0 Å². The molecule has 0 aliphatic heterocycles. The Morgan fingerprint density at radius 1 is 1.17 bits per heavy atom. The average Bonchev–Trinajstić information content (AvgIpc) is 2.37. The van der Waals surface area contributed by atoms with Crippen LogP contribution in [0.1, 0.15) is 41.0 Å². The summed E-state index contributed by atoms with van der Waals surface area (Å²) in [5.41, 5.74) is 4.34. The van der Waals surface area contributed by atoms with E-state index in [9.17, 15) is 5.11 Å². The minimum absolute atomic E-state index is 0.0146. The van der Waals surface area contributed by atoms with Crippen molar-refractivity contribution in [2.24, 2.45) is 5.92 Å². The molecule has 0 spiro atoms. The van der Waals surface area contributed by atoms with Crippen LogP contribution in [0.15, 0.2) is 11.6 Å². The molecule has 0 saturated heterocycles. The van der Waals surface area contributed by atoms with Crippen LogP contribution in [0.3, 0.4) is 0 Å². The molecule has 0 unspecified atom stereocenters. The summed E-state index contributed by atoms with van der Waals surface area (Å²) >= 11 is 0. The Morgan fingerprint density at radius 3 is 2.13 bits per heavy atom. The SMILES string of the molecule is C/C(=C\CCO[Si](C)(C)C(C)(C)C)[C@H](O)[C@H](C)C#C[Si](C)(C)C. The van der Waals surface area contributed by atoms with Crippen molar-refractivity contribution in [2.45, 2.75) is 84.9 Å². The highest BCUT2D eigenvalue weighted by molar-refractivity contribution is 6.83. The first-order valence-corrected chi connectivity index (χ1v) is 15.1. The number of aliphatic hydroxyl groups is 1. The monoisotopic (exact) mass is 354 g/mol. The Labute approximate surface area is 146 Å². The fourth-order valence-corrected chi connectivity index (χ4v) is 3.46. The molecule has 0 bridgehead atoms. The second-order valence-corrected chi connectivity index (χ2v) is 18.7. The lowest BCUT2D eigenvalue weighted by Gasteiger charge is -2.36. The topological polar surface area (TPSA) is 29.5 Å². The summed E-state index contributed by atoms with van der Waals surface area (Å²) in [7, 11) is -3.05. The average molecular weight is 355 g/mol. The van der Waals surface area contributed by atoms with Crippen LogP contribution in [0, 0.1) is 17.4 Å². The molecule has 1 N–H and O–H groups in total. The van der Waals surface area contributed by atoms with Gasteiger partial charge in [0, 0.05) is 12.5 Å². The van der Waals surface area contributed by atoms with E-state index in [1.807, 2.05) is 13.8 Å². The fraction of sp³-hybridized carbons (Fsp3) is 0.789. The Kier molecular flexibility index (Phi) is 8.53. The summed E-state index contributed by atoms with van der Waals surface area (Å²) in [4.78, 5) is 0. The molecular formula is C19H38O2Si2. The third kappa shape index (κ3) is 8.90. The van der Waals surface area contributed by atoms with Crippen LogP contribution in [0.5, 0.6) is 0 Å². The summed E-state index contributed by atoms with van der Waals surface area (Å²) in [5, 5.41) is 10.6. The van der Waals surface area contributed by atoms with Gasteiger partial charge in [-0.05, 0) is 44.0 Å². The van der Waals surface area contributed by atoms with Gasteiger partial charge in [0.15, 0.2) is 8.32 Å². The van der Waals surface area contributed by atoms with Crippen LogP contribution >= 0.6 is 0 Å². The molecule has 0 radical (unpaired) electrons. The molecule has 0 heterocycles. The van der Waals surface area contributed by atoms with Gasteiger partial charge in [-0.25, -0.2) is 0 Å². The van der Waals surface area contributed by atoms with Gasteiger partial charge in [-0.2, -0.15) is 0 Å². The van der Waals surface area contributed by atoms with Gasteiger partial charge in [0.05, 0.1) is 6.10 Å². The van der Waals surface area contributed by atoms with E-state index in [2.05, 4.69) is 71.0 Å². The maximum Gasteiger partial charge on any atom is 0.191 e. The van der Waals surface area contributed by atoms with Gasteiger partial charge < -0.3 is 9.53 Å². The predicted molar refractivity (Wildman–Crippen MR) is 108 cm³/mol. The molecule has 0 aromatic heterocycles. The van der Waals surface area contributed by atoms with E-state index in [0.29, 0.717) is 0 Å². The highest BCUT2D eigenvalue weighted by atomic mass is 28.4. The summed E-state index contributed by atoms with van der Waals surface area (Å²) in [5.74, 6) is 3.22. The molecule has 4 heteroatoms. The fourth-order valence-electron chi connectivity index (χ4n) is 1.74. The predicted octanol–water partition coefficient (Wildman–Crippen LogP) is 5.22. The van der Waals surface area contributed by atoms with Crippen LogP contribution in [0.25, 0.3) is 0 Å². The van der Waals surface area contributed by atoms with Gasteiger partial charge in [0.2, 0.25) is 0 Å². The quantitative estimate of drug-likeness (QED) is 0.306. The Hall–Kier alpha value is -0.346. The van der Waals surface area contributed by atoms with Gasteiger partial charge in [-0.1, -0.05) is 46.5 Å². The maximum absolute atomic E-state index is 10.4. The Balaban J connectivity index is 4.53. The Bertz CT molecular complexity index is 456. The summed E-state index contributed by atoms with van der Waals surface area (Å²) in [6.45, 7) is 22.7.